The van der Waals surface area contributed by atoms with Gasteiger partial charge in [-0.15, -0.1) is 0 Å². The minimum absolute atomic E-state index is 0.0833. The highest BCUT2D eigenvalue weighted by atomic mass is 35.5. The second-order valence-electron chi connectivity index (χ2n) is 5.78. The normalized spacial score (nSPS) is 10.0. The molecule has 0 aliphatic rings. The molecule has 0 radical (unpaired) electrons. The van der Waals surface area contributed by atoms with Gasteiger partial charge in [-0.3, -0.25) is 14.9 Å². The Hall–Kier alpha value is -3.22. The molecule has 140 valence electrons. The first kappa shape index (κ1) is 19.5. The Bertz CT molecular complexity index is 1010. The third-order valence-corrected chi connectivity index (χ3v) is 4.24. The van der Waals surface area contributed by atoms with E-state index in [1.807, 2.05) is 18.2 Å². The van der Waals surface area contributed by atoms with Crippen LogP contribution in [0.15, 0.2) is 78.9 Å². The average Bonchev–Trinajstić information content (AvgIpc) is 2.69. The van der Waals surface area contributed by atoms with Crippen LogP contribution in [0.4, 0.5) is 11.4 Å². The number of benzene rings is 3. The van der Waals surface area contributed by atoms with Crippen molar-refractivity contribution >= 4 is 52.1 Å². The van der Waals surface area contributed by atoms with E-state index in [9.17, 15) is 9.59 Å². The number of anilines is 2. The molecule has 0 unspecified atom stereocenters. The standard InChI is InChI=1S/C21H16ClN3O2S/c22-15-12-10-14(11-13-15)19(26)25-21(28)24-18-9-5-4-8-17(18)20(27)23-16-6-2-1-3-7-16/h1-13H,(H,23,27)(H2,24,25,26,28). The molecule has 5 nitrogen and oxygen atoms in total. The minimum atomic E-state index is -0.375. The molecule has 0 aromatic heterocycles. The van der Waals surface area contributed by atoms with Crippen molar-refractivity contribution in [3.05, 3.63) is 95.0 Å². The fraction of sp³-hybridized carbons (Fsp3) is 0. The lowest BCUT2D eigenvalue weighted by Crippen LogP contribution is -2.34. The third-order valence-electron chi connectivity index (χ3n) is 3.79. The Kier molecular flexibility index (Phi) is 6.37. The van der Waals surface area contributed by atoms with Crippen LogP contribution >= 0.6 is 23.8 Å². The number of hydrogen-bond acceptors (Lipinski definition) is 3. The monoisotopic (exact) mass is 409 g/mol. The van der Waals surface area contributed by atoms with E-state index in [4.69, 9.17) is 23.8 Å². The molecule has 2 amide bonds. The molecule has 0 saturated carbocycles. The van der Waals surface area contributed by atoms with Crippen molar-refractivity contribution in [2.45, 2.75) is 0 Å². The fourth-order valence-corrected chi connectivity index (χ4v) is 2.77. The molecule has 0 bridgehead atoms. The lowest BCUT2D eigenvalue weighted by molar-refractivity contribution is 0.0976. The molecule has 0 saturated heterocycles. The summed E-state index contributed by atoms with van der Waals surface area (Å²) in [6, 6.07) is 22.5. The highest BCUT2D eigenvalue weighted by molar-refractivity contribution is 7.80. The van der Waals surface area contributed by atoms with Crippen LogP contribution in [0.1, 0.15) is 20.7 Å². The van der Waals surface area contributed by atoms with Gasteiger partial charge in [-0.05, 0) is 60.7 Å². The maximum absolute atomic E-state index is 12.6. The molecule has 7 heteroatoms. The first-order valence-electron chi connectivity index (χ1n) is 8.36. The Labute approximate surface area is 172 Å². The molecule has 28 heavy (non-hydrogen) atoms. The van der Waals surface area contributed by atoms with E-state index < -0.39 is 0 Å². The van der Waals surface area contributed by atoms with Gasteiger partial charge in [0.15, 0.2) is 5.11 Å². The summed E-state index contributed by atoms with van der Waals surface area (Å²) in [5.74, 6) is -0.665. The van der Waals surface area contributed by atoms with Gasteiger partial charge in [0.2, 0.25) is 0 Å². The van der Waals surface area contributed by atoms with Crippen molar-refractivity contribution in [2.24, 2.45) is 0 Å². The summed E-state index contributed by atoms with van der Waals surface area (Å²) in [6.45, 7) is 0. The fourth-order valence-electron chi connectivity index (χ4n) is 2.44. The van der Waals surface area contributed by atoms with Crippen molar-refractivity contribution in [1.29, 1.82) is 0 Å². The lowest BCUT2D eigenvalue weighted by atomic mass is 10.1. The van der Waals surface area contributed by atoms with Gasteiger partial charge in [0.25, 0.3) is 11.8 Å². The second kappa shape index (κ2) is 9.12. The van der Waals surface area contributed by atoms with E-state index in [1.54, 1.807) is 60.7 Å². The van der Waals surface area contributed by atoms with Crippen molar-refractivity contribution in [3.8, 4) is 0 Å². The smallest absolute Gasteiger partial charge is 0.257 e. The Morgan fingerprint density at radius 2 is 1.39 bits per heavy atom. The highest BCUT2D eigenvalue weighted by Gasteiger charge is 2.14. The van der Waals surface area contributed by atoms with E-state index in [0.29, 0.717) is 27.5 Å². The number of rotatable bonds is 4. The van der Waals surface area contributed by atoms with E-state index in [-0.39, 0.29) is 16.9 Å². The zero-order valence-electron chi connectivity index (χ0n) is 14.6. The average molecular weight is 410 g/mol. The summed E-state index contributed by atoms with van der Waals surface area (Å²) in [5.41, 5.74) is 1.98. The maximum atomic E-state index is 12.6. The first-order chi connectivity index (χ1) is 13.5. The molecule has 3 N–H and O–H groups in total. The van der Waals surface area contributed by atoms with Gasteiger partial charge in [0.05, 0.1) is 11.3 Å². The zero-order chi connectivity index (χ0) is 19.9. The van der Waals surface area contributed by atoms with Crippen molar-refractivity contribution in [1.82, 2.24) is 5.32 Å². The van der Waals surface area contributed by atoms with E-state index in [0.717, 1.165) is 0 Å². The molecule has 0 atom stereocenters. The largest absolute Gasteiger partial charge is 0.332 e. The highest BCUT2D eigenvalue weighted by Crippen LogP contribution is 2.17. The van der Waals surface area contributed by atoms with Crippen molar-refractivity contribution in [2.75, 3.05) is 10.6 Å². The molecule has 0 spiro atoms. The van der Waals surface area contributed by atoms with Crippen molar-refractivity contribution in [3.63, 3.8) is 0 Å². The number of carbonyl (C=O) groups is 2. The topological polar surface area (TPSA) is 70.2 Å². The molecule has 3 aromatic carbocycles. The molecule has 0 aliphatic heterocycles. The Morgan fingerprint density at radius 3 is 2.11 bits per heavy atom. The van der Waals surface area contributed by atoms with Crippen LogP contribution in [-0.2, 0) is 0 Å². The molecule has 0 heterocycles. The van der Waals surface area contributed by atoms with Crippen molar-refractivity contribution < 1.29 is 9.59 Å². The van der Waals surface area contributed by atoms with Gasteiger partial charge in [0, 0.05) is 16.3 Å². The van der Waals surface area contributed by atoms with E-state index in [2.05, 4.69) is 16.0 Å². The second-order valence-corrected chi connectivity index (χ2v) is 6.63. The molecule has 3 aromatic rings. The molecule has 3 rings (SSSR count). The predicted molar refractivity (Wildman–Crippen MR) is 116 cm³/mol. The number of para-hydroxylation sites is 2. The number of amides is 2. The van der Waals surface area contributed by atoms with E-state index in [1.165, 1.54) is 0 Å². The van der Waals surface area contributed by atoms with Gasteiger partial charge in [-0.25, -0.2) is 0 Å². The number of halogens is 1. The number of carbonyl (C=O) groups excluding carboxylic acids is 2. The zero-order valence-corrected chi connectivity index (χ0v) is 16.2. The summed E-state index contributed by atoms with van der Waals surface area (Å²) in [7, 11) is 0. The van der Waals surface area contributed by atoms with Crippen LogP contribution in [0.2, 0.25) is 5.02 Å². The van der Waals surface area contributed by atoms with Crippen LogP contribution in [0, 0.1) is 0 Å². The number of hydrogen-bond donors (Lipinski definition) is 3. The molecule has 0 fully saturated rings. The van der Waals surface area contributed by atoms with Gasteiger partial charge < -0.3 is 10.6 Å². The Balaban J connectivity index is 1.68. The van der Waals surface area contributed by atoms with Gasteiger partial charge in [-0.1, -0.05) is 41.9 Å². The minimum Gasteiger partial charge on any atom is -0.332 e. The summed E-state index contributed by atoms with van der Waals surface area (Å²) in [6.07, 6.45) is 0. The van der Waals surface area contributed by atoms with Gasteiger partial charge in [-0.2, -0.15) is 0 Å². The van der Waals surface area contributed by atoms with Crippen LogP contribution in [0.3, 0.4) is 0 Å². The van der Waals surface area contributed by atoms with E-state index >= 15 is 0 Å². The Morgan fingerprint density at radius 1 is 0.750 bits per heavy atom. The summed E-state index contributed by atoms with van der Waals surface area (Å²) >= 11 is 11.0. The SMILES string of the molecule is O=C(NC(=S)Nc1ccccc1C(=O)Nc1ccccc1)c1ccc(Cl)cc1. The van der Waals surface area contributed by atoms with Gasteiger partial charge >= 0.3 is 0 Å². The van der Waals surface area contributed by atoms with Crippen LogP contribution in [0.25, 0.3) is 0 Å². The van der Waals surface area contributed by atoms with Crippen LogP contribution < -0.4 is 16.0 Å². The van der Waals surface area contributed by atoms with Gasteiger partial charge in [0.1, 0.15) is 0 Å². The van der Waals surface area contributed by atoms with Crippen LogP contribution in [-0.4, -0.2) is 16.9 Å². The quantitative estimate of drug-likeness (QED) is 0.545. The summed E-state index contributed by atoms with van der Waals surface area (Å²) in [4.78, 5) is 24.9. The third kappa shape index (κ3) is 5.16. The summed E-state index contributed by atoms with van der Waals surface area (Å²) in [5, 5.41) is 8.93. The number of thiocarbonyl (C=S) groups is 1. The summed E-state index contributed by atoms with van der Waals surface area (Å²) < 4.78 is 0. The lowest BCUT2D eigenvalue weighted by Gasteiger charge is -2.13. The molecule has 0 aliphatic carbocycles. The number of nitrogens with one attached hydrogen (secondary N) is 3. The van der Waals surface area contributed by atoms with Crippen LogP contribution in [0.5, 0.6) is 0 Å². The molecular weight excluding hydrogens is 394 g/mol. The molecular formula is C21H16ClN3O2S. The maximum Gasteiger partial charge on any atom is 0.257 e. The predicted octanol–water partition coefficient (Wildman–Crippen LogP) is 4.72. The first-order valence-corrected chi connectivity index (χ1v) is 9.15.